The van der Waals surface area contributed by atoms with Gasteiger partial charge in [0.2, 0.25) is 0 Å². The van der Waals surface area contributed by atoms with Crippen molar-refractivity contribution < 1.29 is 0 Å². The first-order valence-corrected chi connectivity index (χ1v) is 7.18. The summed E-state index contributed by atoms with van der Waals surface area (Å²) >= 11 is 7.84. The molecule has 0 aliphatic rings. The molecule has 1 aromatic carbocycles. The van der Waals surface area contributed by atoms with Gasteiger partial charge in [-0.2, -0.15) is 0 Å². The normalized spacial score (nSPS) is 10.8. The van der Waals surface area contributed by atoms with Crippen LogP contribution in [-0.2, 0) is 6.54 Å². The van der Waals surface area contributed by atoms with E-state index in [0.717, 1.165) is 28.8 Å². The van der Waals surface area contributed by atoms with Gasteiger partial charge in [0.25, 0.3) is 0 Å². The third-order valence-corrected chi connectivity index (χ3v) is 4.19. The smallest absolute Gasteiger partial charge is 0.139 e. The van der Waals surface area contributed by atoms with E-state index in [9.17, 15) is 0 Å². The van der Waals surface area contributed by atoms with Crippen LogP contribution in [-0.4, -0.2) is 9.97 Å². The van der Waals surface area contributed by atoms with Gasteiger partial charge in [-0.1, -0.05) is 35.9 Å². The topological polar surface area (TPSA) is 37.8 Å². The molecule has 1 N–H and O–H groups in total. The Morgan fingerprint density at radius 3 is 2.95 bits per heavy atom. The lowest BCUT2D eigenvalue weighted by molar-refractivity contribution is 1.10. The number of halogens is 1. The molecule has 0 amide bonds. The maximum atomic E-state index is 6.19. The summed E-state index contributed by atoms with van der Waals surface area (Å²) in [6, 6.07) is 9.98. The van der Waals surface area contributed by atoms with E-state index in [1.54, 1.807) is 11.3 Å². The van der Waals surface area contributed by atoms with Crippen LogP contribution < -0.4 is 5.32 Å². The number of nitrogens with zero attached hydrogens (tertiary/aromatic N) is 2. The molecule has 0 unspecified atom stereocenters. The third kappa shape index (κ3) is 2.55. The second-order valence-electron chi connectivity index (χ2n) is 4.23. The first-order valence-electron chi connectivity index (χ1n) is 5.92. The molecule has 2 heterocycles. The maximum Gasteiger partial charge on any atom is 0.139 e. The van der Waals surface area contributed by atoms with Gasteiger partial charge in [0.05, 0.1) is 17.7 Å². The summed E-state index contributed by atoms with van der Waals surface area (Å²) in [5.74, 6) is 0.788. The Bertz CT molecular complexity index is 724. The van der Waals surface area contributed by atoms with E-state index in [0.29, 0.717) is 5.15 Å². The van der Waals surface area contributed by atoms with Gasteiger partial charge in [0.15, 0.2) is 0 Å². The van der Waals surface area contributed by atoms with Crippen molar-refractivity contribution in [3.63, 3.8) is 0 Å². The van der Waals surface area contributed by atoms with Gasteiger partial charge in [-0.05, 0) is 18.4 Å². The van der Waals surface area contributed by atoms with Crippen molar-refractivity contribution in [2.45, 2.75) is 13.5 Å². The zero-order valence-electron chi connectivity index (χ0n) is 10.4. The molecule has 0 saturated heterocycles. The van der Waals surface area contributed by atoms with Crippen LogP contribution >= 0.6 is 22.9 Å². The molecular weight excluding hydrogens is 278 g/mol. The van der Waals surface area contributed by atoms with Crippen LogP contribution in [0, 0.1) is 6.92 Å². The van der Waals surface area contributed by atoms with Gasteiger partial charge < -0.3 is 5.32 Å². The third-order valence-electron chi connectivity index (χ3n) is 2.97. The number of nitrogens with one attached hydrogen (secondary N) is 1. The Balaban J connectivity index is 1.87. The van der Waals surface area contributed by atoms with Crippen LogP contribution in [0.4, 0.5) is 5.82 Å². The molecule has 0 fully saturated rings. The minimum absolute atomic E-state index is 0.529. The molecule has 0 radical (unpaired) electrons. The van der Waals surface area contributed by atoms with E-state index in [1.165, 1.54) is 4.88 Å². The lowest BCUT2D eigenvalue weighted by atomic mass is 10.2. The average Bonchev–Trinajstić information content (AvgIpc) is 2.82. The molecule has 96 valence electrons. The zero-order valence-corrected chi connectivity index (χ0v) is 11.9. The van der Waals surface area contributed by atoms with Gasteiger partial charge in [-0.15, -0.1) is 11.3 Å². The fourth-order valence-electron chi connectivity index (χ4n) is 1.91. The predicted molar refractivity (Wildman–Crippen MR) is 80.9 cm³/mol. The van der Waals surface area contributed by atoms with Crippen LogP contribution in [0.25, 0.3) is 10.8 Å². The molecule has 3 rings (SSSR count). The van der Waals surface area contributed by atoms with E-state index >= 15 is 0 Å². The van der Waals surface area contributed by atoms with Crippen LogP contribution in [0.5, 0.6) is 0 Å². The molecule has 0 aliphatic carbocycles. The molecular formula is C14H12ClN3S. The first-order chi connectivity index (χ1) is 9.24. The Morgan fingerprint density at radius 2 is 2.16 bits per heavy atom. The number of fused-ring (bicyclic) bond motifs is 1. The van der Waals surface area contributed by atoms with Crippen LogP contribution in [0.2, 0.25) is 5.15 Å². The molecule has 19 heavy (non-hydrogen) atoms. The number of hydrogen-bond acceptors (Lipinski definition) is 4. The van der Waals surface area contributed by atoms with Crippen molar-refractivity contribution in [1.82, 2.24) is 9.97 Å². The second-order valence-corrected chi connectivity index (χ2v) is 5.53. The summed E-state index contributed by atoms with van der Waals surface area (Å²) in [7, 11) is 0. The number of thiazole rings is 1. The Labute approximate surface area is 120 Å². The van der Waals surface area contributed by atoms with Crippen LogP contribution in [0.1, 0.15) is 10.6 Å². The number of rotatable bonds is 3. The fraction of sp³-hybridized carbons (Fsp3) is 0.143. The van der Waals surface area contributed by atoms with E-state index < -0.39 is 0 Å². The van der Waals surface area contributed by atoms with Crippen molar-refractivity contribution in [3.05, 3.63) is 51.6 Å². The summed E-state index contributed by atoms with van der Waals surface area (Å²) < 4.78 is 0. The quantitative estimate of drug-likeness (QED) is 0.732. The van der Waals surface area contributed by atoms with E-state index in [1.807, 2.05) is 42.8 Å². The summed E-state index contributed by atoms with van der Waals surface area (Å²) in [5.41, 5.74) is 2.91. The number of anilines is 1. The molecule has 0 atom stereocenters. The summed E-state index contributed by atoms with van der Waals surface area (Å²) in [6.45, 7) is 2.73. The maximum absolute atomic E-state index is 6.19. The fourth-order valence-corrected chi connectivity index (χ4v) is 2.89. The van der Waals surface area contributed by atoms with Crippen molar-refractivity contribution in [2.24, 2.45) is 0 Å². The number of benzene rings is 1. The number of hydrogen-bond donors (Lipinski definition) is 1. The van der Waals surface area contributed by atoms with Gasteiger partial charge >= 0.3 is 0 Å². The number of aryl methyl sites for hydroxylation is 1. The highest BCUT2D eigenvalue weighted by atomic mass is 35.5. The molecule has 0 bridgehead atoms. The van der Waals surface area contributed by atoms with Crippen LogP contribution in [0.3, 0.4) is 0 Å². The number of aromatic nitrogens is 2. The summed E-state index contributed by atoms with van der Waals surface area (Å²) in [5, 5.41) is 5.89. The largest absolute Gasteiger partial charge is 0.365 e. The summed E-state index contributed by atoms with van der Waals surface area (Å²) in [4.78, 5) is 9.81. The van der Waals surface area contributed by atoms with Gasteiger partial charge in [-0.25, -0.2) is 9.97 Å². The molecule has 0 spiro atoms. The lowest BCUT2D eigenvalue weighted by Crippen LogP contribution is -2.01. The lowest BCUT2D eigenvalue weighted by Gasteiger charge is -2.07. The Hall–Kier alpha value is -1.65. The van der Waals surface area contributed by atoms with Gasteiger partial charge in [0.1, 0.15) is 11.0 Å². The first kappa shape index (κ1) is 12.4. The van der Waals surface area contributed by atoms with Gasteiger partial charge in [-0.3, -0.25) is 0 Å². The Morgan fingerprint density at radius 1 is 1.32 bits per heavy atom. The molecule has 2 aromatic heterocycles. The predicted octanol–water partition coefficient (Wildman–Crippen LogP) is 4.27. The molecule has 0 aliphatic heterocycles. The van der Waals surface area contributed by atoms with Crippen molar-refractivity contribution >= 4 is 39.5 Å². The molecule has 5 heteroatoms. The average molecular weight is 290 g/mol. The molecule has 3 nitrogen and oxygen atoms in total. The zero-order chi connectivity index (χ0) is 13.2. The van der Waals surface area contributed by atoms with Crippen molar-refractivity contribution in [2.75, 3.05) is 5.32 Å². The Kier molecular flexibility index (Phi) is 3.36. The van der Waals surface area contributed by atoms with E-state index in [2.05, 4.69) is 15.3 Å². The van der Waals surface area contributed by atoms with Crippen molar-refractivity contribution in [1.29, 1.82) is 0 Å². The minimum atomic E-state index is 0.529. The molecule has 0 saturated carbocycles. The summed E-state index contributed by atoms with van der Waals surface area (Å²) in [6.07, 6.45) is 0. The van der Waals surface area contributed by atoms with Crippen molar-refractivity contribution in [3.8, 4) is 0 Å². The highest BCUT2D eigenvalue weighted by Gasteiger charge is 2.05. The minimum Gasteiger partial charge on any atom is -0.365 e. The van der Waals surface area contributed by atoms with E-state index in [4.69, 9.17) is 11.6 Å². The SMILES string of the molecule is Cc1ncsc1CNc1cc2ccccc2c(Cl)n1. The number of pyridine rings is 1. The second kappa shape index (κ2) is 5.15. The molecule has 3 aromatic rings. The highest BCUT2D eigenvalue weighted by molar-refractivity contribution is 7.09. The monoisotopic (exact) mass is 289 g/mol. The standard InChI is InChI=1S/C14H12ClN3S/c1-9-12(19-8-17-9)7-16-13-6-10-4-2-3-5-11(10)14(15)18-13/h2-6,8H,7H2,1H3,(H,16,18). The van der Waals surface area contributed by atoms with Gasteiger partial charge in [0, 0.05) is 10.3 Å². The highest BCUT2D eigenvalue weighted by Crippen LogP contribution is 2.25. The van der Waals surface area contributed by atoms with E-state index in [-0.39, 0.29) is 0 Å². The van der Waals surface area contributed by atoms with Crippen LogP contribution in [0.15, 0.2) is 35.8 Å².